The Bertz CT molecular complexity index is 1140. The van der Waals surface area contributed by atoms with Crippen LogP contribution >= 0.6 is 34.8 Å². The molecule has 32 heavy (non-hydrogen) atoms. The highest BCUT2D eigenvalue weighted by molar-refractivity contribution is 6.32. The van der Waals surface area contributed by atoms with Crippen LogP contribution in [0.15, 0.2) is 60.8 Å². The summed E-state index contributed by atoms with van der Waals surface area (Å²) >= 11 is 17.7. The van der Waals surface area contributed by atoms with E-state index in [4.69, 9.17) is 34.8 Å². The van der Waals surface area contributed by atoms with Gasteiger partial charge in [0.05, 0.1) is 16.3 Å². The Morgan fingerprint density at radius 1 is 0.906 bits per heavy atom. The second-order valence-electron chi connectivity index (χ2n) is 6.52. The number of aromatic nitrogens is 1. The number of pyridine rings is 1. The zero-order valence-electron chi connectivity index (χ0n) is 15.9. The number of rotatable bonds is 4. The molecule has 0 radical (unpaired) electrons. The summed E-state index contributed by atoms with van der Waals surface area (Å²) in [6, 6.07) is 11.9. The zero-order chi connectivity index (χ0) is 23.5. The molecule has 0 bridgehead atoms. The second-order valence-corrected chi connectivity index (χ2v) is 7.80. The van der Waals surface area contributed by atoms with Crippen LogP contribution in [0.1, 0.15) is 22.7 Å². The van der Waals surface area contributed by atoms with Gasteiger partial charge in [-0.3, -0.25) is 15.1 Å². The van der Waals surface area contributed by atoms with Gasteiger partial charge in [0.2, 0.25) is 5.91 Å². The molecule has 0 aliphatic heterocycles. The predicted octanol–water partition coefficient (Wildman–Crippen LogP) is 6.54. The molecule has 0 spiro atoms. The first-order chi connectivity index (χ1) is 15.0. The number of alkyl halides is 3. The molecule has 0 aliphatic carbocycles. The largest absolute Gasteiger partial charge is 0.417 e. The van der Waals surface area contributed by atoms with Crippen LogP contribution in [0.2, 0.25) is 15.1 Å². The summed E-state index contributed by atoms with van der Waals surface area (Å²) in [6.45, 7) is 0. The van der Waals surface area contributed by atoms with E-state index in [1.807, 2.05) is 0 Å². The summed E-state index contributed by atoms with van der Waals surface area (Å²) in [6.07, 6.45) is -4.09. The van der Waals surface area contributed by atoms with Crippen LogP contribution in [0.4, 0.5) is 23.7 Å². The molecular weight excluding hydrogens is 490 g/mol. The van der Waals surface area contributed by atoms with E-state index in [1.54, 1.807) is 12.1 Å². The Kier molecular flexibility index (Phi) is 7.28. The molecule has 2 N–H and O–H groups in total. The monoisotopic (exact) mass is 501 g/mol. The van der Waals surface area contributed by atoms with E-state index >= 15 is 0 Å². The molecular formula is C21H13Cl3F3N3O2. The number of amides is 3. The van der Waals surface area contributed by atoms with Crippen LogP contribution in [0.25, 0.3) is 0 Å². The molecule has 11 heteroatoms. The molecule has 1 heterocycles. The molecule has 5 nitrogen and oxygen atoms in total. The molecule has 3 amide bonds. The zero-order valence-corrected chi connectivity index (χ0v) is 18.2. The third-order valence-corrected chi connectivity index (χ3v) is 5.08. The molecule has 166 valence electrons. The van der Waals surface area contributed by atoms with E-state index < -0.39 is 29.6 Å². The van der Waals surface area contributed by atoms with E-state index in [2.05, 4.69) is 15.6 Å². The van der Waals surface area contributed by atoms with Crippen LogP contribution in [0.5, 0.6) is 0 Å². The molecule has 1 atom stereocenters. The minimum atomic E-state index is -4.66. The highest BCUT2D eigenvalue weighted by Gasteiger charge is 2.34. The lowest BCUT2D eigenvalue weighted by molar-refractivity contribution is -0.137. The number of carbonyl (C=O) groups excluding carboxylic acids is 2. The Hall–Kier alpha value is -2.81. The van der Waals surface area contributed by atoms with E-state index in [1.165, 1.54) is 36.4 Å². The molecule has 0 unspecified atom stereocenters. The van der Waals surface area contributed by atoms with Crippen molar-refractivity contribution in [1.29, 1.82) is 0 Å². The summed E-state index contributed by atoms with van der Waals surface area (Å²) in [5, 5.41) is 5.06. The molecule has 0 fully saturated rings. The fourth-order valence-electron chi connectivity index (χ4n) is 2.78. The Morgan fingerprint density at radius 2 is 1.47 bits per heavy atom. The first-order valence-corrected chi connectivity index (χ1v) is 10.0. The minimum absolute atomic E-state index is 0.154. The lowest BCUT2D eigenvalue weighted by atomic mass is 9.93. The van der Waals surface area contributed by atoms with Crippen molar-refractivity contribution in [2.45, 2.75) is 12.1 Å². The van der Waals surface area contributed by atoms with E-state index in [0.717, 1.165) is 0 Å². The number of nitrogens with zero attached hydrogens (tertiary/aromatic N) is 1. The number of halogens is 6. The molecule has 0 saturated heterocycles. The van der Waals surface area contributed by atoms with Gasteiger partial charge in [0.25, 0.3) is 0 Å². The van der Waals surface area contributed by atoms with E-state index in [0.29, 0.717) is 33.6 Å². The van der Waals surface area contributed by atoms with Crippen molar-refractivity contribution >= 4 is 52.4 Å². The number of anilines is 1. The normalized spacial score (nSPS) is 12.2. The molecule has 1 aromatic heterocycles. The number of urea groups is 1. The standard InChI is InChI=1S/C21H13Cl3F3N3O2/c22-13-3-1-11(2-4-13)17(18-16(24)9-12(10-28-18)21(25,26)27)19(31)30-20(32)29-15-7-5-14(23)6-8-15/h1-10,17H,(H2,29,30,31,32)/t17-/m1/s1. The van der Waals surface area contributed by atoms with Crippen LogP contribution in [-0.4, -0.2) is 16.9 Å². The maximum atomic E-state index is 13.0. The third-order valence-electron chi connectivity index (χ3n) is 4.27. The summed E-state index contributed by atoms with van der Waals surface area (Å²) in [5.41, 5.74) is -0.533. The van der Waals surface area contributed by atoms with E-state index in [9.17, 15) is 22.8 Å². The van der Waals surface area contributed by atoms with Gasteiger partial charge in [0.1, 0.15) is 5.92 Å². The van der Waals surface area contributed by atoms with Crippen LogP contribution < -0.4 is 10.6 Å². The predicted molar refractivity (Wildman–Crippen MR) is 116 cm³/mol. The lowest BCUT2D eigenvalue weighted by Gasteiger charge is -2.19. The van der Waals surface area contributed by atoms with E-state index in [-0.39, 0.29) is 10.7 Å². The highest BCUT2D eigenvalue weighted by Crippen LogP contribution is 2.35. The SMILES string of the molecule is O=C(NC(=O)[C@H](c1ccc(Cl)cc1)c1ncc(C(F)(F)F)cc1Cl)Nc1ccc(Cl)cc1. The summed E-state index contributed by atoms with van der Waals surface area (Å²) in [7, 11) is 0. The van der Waals surface area contributed by atoms with Gasteiger partial charge in [-0.05, 0) is 48.0 Å². The first kappa shape index (κ1) is 23.8. The maximum absolute atomic E-state index is 13.0. The maximum Gasteiger partial charge on any atom is 0.417 e. The Balaban J connectivity index is 1.91. The number of benzene rings is 2. The fraction of sp³-hybridized carbons (Fsp3) is 0.0952. The number of carbonyl (C=O) groups is 2. The van der Waals surface area contributed by atoms with Gasteiger partial charge < -0.3 is 5.32 Å². The second kappa shape index (κ2) is 9.77. The topological polar surface area (TPSA) is 71.1 Å². The quantitative estimate of drug-likeness (QED) is 0.425. The van der Waals surface area contributed by atoms with Gasteiger partial charge in [-0.2, -0.15) is 13.2 Å². The van der Waals surface area contributed by atoms with Crippen LogP contribution in [-0.2, 0) is 11.0 Å². The molecule has 2 aromatic carbocycles. The van der Waals surface area contributed by atoms with Crippen molar-refractivity contribution < 1.29 is 22.8 Å². The van der Waals surface area contributed by atoms with Crippen molar-refractivity contribution in [3.63, 3.8) is 0 Å². The minimum Gasteiger partial charge on any atom is -0.308 e. The number of hydrogen-bond acceptors (Lipinski definition) is 3. The summed E-state index contributed by atoms with van der Waals surface area (Å²) in [5.74, 6) is -2.13. The average Bonchev–Trinajstić information content (AvgIpc) is 2.71. The number of nitrogens with one attached hydrogen (secondary N) is 2. The van der Waals surface area contributed by atoms with Crippen molar-refractivity contribution in [2.24, 2.45) is 0 Å². The number of imide groups is 1. The fourth-order valence-corrected chi connectivity index (χ4v) is 3.31. The summed E-state index contributed by atoms with van der Waals surface area (Å²) < 4.78 is 38.9. The van der Waals surface area contributed by atoms with Crippen molar-refractivity contribution in [1.82, 2.24) is 10.3 Å². The first-order valence-electron chi connectivity index (χ1n) is 8.90. The van der Waals surface area contributed by atoms with Crippen LogP contribution in [0, 0.1) is 0 Å². The lowest BCUT2D eigenvalue weighted by Crippen LogP contribution is -2.38. The average molecular weight is 503 g/mol. The van der Waals surface area contributed by atoms with Crippen molar-refractivity contribution in [2.75, 3.05) is 5.32 Å². The molecule has 0 aliphatic rings. The molecule has 3 rings (SSSR count). The Labute approximate surface area is 195 Å². The van der Waals surface area contributed by atoms with Gasteiger partial charge in [-0.15, -0.1) is 0 Å². The van der Waals surface area contributed by atoms with Gasteiger partial charge in [0.15, 0.2) is 0 Å². The summed E-state index contributed by atoms with van der Waals surface area (Å²) in [4.78, 5) is 29.0. The van der Waals surface area contributed by atoms with Gasteiger partial charge in [0, 0.05) is 21.9 Å². The van der Waals surface area contributed by atoms with Gasteiger partial charge in [-0.25, -0.2) is 4.79 Å². The van der Waals surface area contributed by atoms with Gasteiger partial charge in [-0.1, -0.05) is 46.9 Å². The Morgan fingerprint density at radius 3 is 2.00 bits per heavy atom. The number of hydrogen-bond donors (Lipinski definition) is 2. The molecule has 3 aromatic rings. The van der Waals surface area contributed by atoms with Crippen LogP contribution in [0.3, 0.4) is 0 Å². The van der Waals surface area contributed by atoms with Crippen molar-refractivity contribution in [3.05, 3.63) is 92.7 Å². The molecule has 0 saturated carbocycles. The third kappa shape index (κ3) is 5.91. The smallest absolute Gasteiger partial charge is 0.308 e. The van der Waals surface area contributed by atoms with Gasteiger partial charge >= 0.3 is 12.2 Å². The van der Waals surface area contributed by atoms with Crippen molar-refractivity contribution in [3.8, 4) is 0 Å². The highest BCUT2D eigenvalue weighted by atomic mass is 35.5.